The summed E-state index contributed by atoms with van der Waals surface area (Å²) in [4.78, 5) is 26.3. The molecule has 1 heterocycles. The number of fused-ring (bicyclic) bond motifs is 2. The van der Waals surface area contributed by atoms with E-state index in [2.05, 4.69) is 24.5 Å². The van der Waals surface area contributed by atoms with E-state index in [1.165, 1.54) is 6.42 Å². The molecule has 2 bridgehead atoms. The molecule has 4 aliphatic rings. The topological polar surface area (TPSA) is 67.4 Å². The molecule has 0 unspecified atom stereocenters. The highest BCUT2D eigenvalue weighted by Crippen LogP contribution is 2.64. The van der Waals surface area contributed by atoms with Gasteiger partial charge in [-0.05, 0) is 61.8 Å². The lowest BCUT2D eigenvalue weighted by atomic mass is 9.43. The Morgan fingerprint density at radius 2 is 1.87 bits per heavy atom. The molecule has 0 radical (unpaired) electrons. The number of hydrogen-bond acceptors (Lipinski definition) is 4. The molecule has 3 aliphatic carbocycles. The van der Waals surface area contributed by atoms with Gasteiger partial charge in [0, 0.05) is 23.9 Å². The number of benzene rings is 1. The predicted molar refractivity (Wildman–Crippen MR) is 121 cm³/mol. The number of hydrogen-bond donors (Lipinski definition) is 2. The number of dihydropyridines is 1. The van der Waals surface area contributed by atoms with Gasteiger partial charge in [0.05, 0.1) is 18.2 Å². The van der Waals surface area contributed by atoms with Gasteiger partial charge in [-0.1, -0.05) is 44.2 Å². The van der Waals surface area contributed by atoms with Crippen LogP contribution in [0.1, 0.15) is 58.6 Å². The quantitative estimate of drug-likeness (QED) is 0.663. The van der Waals surface area contributed by atoms with Crippen molar-refractivity contribution >= 4 is 11.9 Å². The van der Waals surface area contributed by atoms with Crippen LogP contribution in [0, 0.1) is 29.1 Å². The molecule has 1 aromatic rings. The van der Waals surface area contributed by atoms with Crippen molar-refractivity contribution in [1.82, 2.24) is 10.6 Å². The van der Waals surface area contributed by atoms with Crippen molar-refractivity contribution in [3.8, 4) is 0 Å². The van der Waals surface area contributed by atoms with Crippen molar-refractivity contribution in [1.29, 1.82) is 0 Å². The first kappa shape index (κ1) is 21.7. The molecule has 1 amide bonds. The van der Waals surface area contributed by atoms with Crippen molar-refractivity contribution in [2.45, 2.75) is 53.0 Å². The third kappa shape index (κ3) is 3.90. The highest BCUT2D eigenvalue weighted by molar-refractivity contribution is 5.99. The monoisotopic (exact) mass is 422 g/mol. The van der Waals surface area contributed by atoms with Crippen molar-refractivity contribution in [2.24, 2.45) is 29.1 Å². The van der Waals surface area contributed by atoms with Crippen LogP contribution in [0.5, 0.6) is 0 Å². The number of nitrogens with one attached hydrogen (secondary N) is 2. The molecule has 5 nitrogen and oxygen atoms in total. The number of carbonyl (C=O) groups is 2. The number of ether oxygens (including phenoxy) is 1. The summed E-state index contributed by atoms with van der Waals surface area (Å²) < 4.78 is 5.37. The highest BCUT2D eigenvalue weighted by Gasteiger charge is 2.57. The molecule has 5 heteroatoms. The van der Waals surface area contributed by atoms with Gasteiger partial charge in [0.15, 0.2) is 0 Å². The van der Waals surface area contributed by atoms with E-state index in [4.69, 9.17) is 4.74 Å². The molecule has 31 heavy (non-hydrogen) atoms. The van der Waals surface area contributed by atoms with Gasteiger partial charge in [0.25, 0.3) is 0 Å². The smallest absolute Gasteiger partial charge is 0.336 e. The third-order valence-electron chi connectivity index (χ3n) is 7.91. The Morgan fingerprint density at radius 1 is 1.16 bits per heavy atom. The Labute approximate surface area is 185 Å². The molecule has 2 N–H and O–H groups in total. The maximum Gasteiger partial charge on any atom is 0.336 e. The SMILES string of the molecule is CCOC(=O)C1=CNC=C(C(=O)N[C@@H](C)c2ccccc2)[C@H]1[C@H]1CC[C@H]2C[C@@H]1C2(C)C. The maximum absolute atomic E-state index is 13.4. The third-order valence-corrected chi connectivity index (χ3v) is 7.91. The van der Waals surface area contributed by atoms with Gasteiger partial charge < -0.3 is 15.4 Å². The second-order valence-corrected chi connectivity index (χ2v) is 9.77. The maximum atomic E-state index is 13.4. The Kier molecular flexibility index (Phi) is 5.96. The van der Waals surface area contributed by atoms with Gasteiger partial charge in [-0.2, -0.15) is 0 Å². The van der Waals surface area contributed by atoms with Crippen molar-refractivity contribution < 1.29 is 14.3 Å². The van der Waals surface area contributed by atoms with Crippen LogP contribution in [-0.4, -0.2) is 18.5 Å². The normalized spacial score (nSPS) is 29.4. The van der Waals surface area contributed by atoms with Crippen LogP contribution in [0.3, 0.4) is 0 Å². The van der Waals surface area contributed by atoms with E-state index < -0.39 is 0 Å². The zero-order valence-corrected chi connectivity index (χ0v) is 19.0. The Bertz CT molecular complexity index is 900. The Morgan fingerprint density at radius 3 is 2.52 bits per heavy atom. The number of rotatable bonds is 6. The van der Waals surface area contributed by atoms with Gasteiger partial charge >= 0.3 is 5.97 Å². The largest absolute Gasteiger partial charge is 0.463 e. The van der Waals surface area contributed by atoms with Crippen LogP contribution in [0.15, 0.2) is 53.9 Å². The lowest BCUT2D eigenvalue weighted by Crippen LogP contribution is -2.55. The van der Waals surface area contributed by atoms with E-state index in [9.17, 15) is 9.59 Å². The van der Waals surface area contributed by atoms with Crippen LogP contribution >= 0.6 is 0 Å². The fraction of sp³-hybridized carbons (Fsp3) is 0.538. The summed E-state index contributed by atoms with van der Waals surface area (Å²) >= 11 is 0. The molecule has 5 rings (SSSR count). The minimum Gasteiger partial charge on any atom is -0.463 e. The molecule has 0 saturated heterocycles. The number of amides is 1. The molecule has 1 aliphatic heterocycles. The zero-order chi connectivity index (χ0) is 22.2. The van der Waals surface area contributed by atoms with Crippen LogP contribution in [0.4, 0.5) is 0 Å². The van der Waals surface area contributed by atoms with Crippen molar-refractivity contribution in [2.75, 3.05) is 6.61 Å². The fourth-order valence-corrected chi connectivity index (χ4v) is 6.01. The first-order valence-corrected chi connectivity index (χ1v) is 11.5. The van der Waals surface area contributed by atoms with E-state index in [0.29, 0.717) is 23.7 Å². The molecule has 3 saturated carbocycles. The molecule has 166 valence electrons. The number of carbonyl (C=O) groups excluding carboxylic acids is 2. The van der Waals surface area contributed by atoms with Gasteiger partial charge in [-0.3, -0.25) is 4.79 Å². The minimum atomic E-state index is -0.325. The molecule has 0 aromatic heterocycles. The molecule has 3 fully saturated rings. The Hall–Kier alpha value is -2.56. The average molecular weight is 423 g/mol. The average Bonchev–Trinajstić information content (AvgIpc) is 2.79. The zero-order valence-electron chi connectivity index (χ0n) is 19.0. The Balaban J connectivity index is 1.61. The lowest BCUT2D eigenvalue weighted by Gasteiger charge is -2.61. The lowest BCUT2D eigenvalue weighted by molar-refractivity contribution is -0.142. The molecule has 1 aromatic carbocycles. The standard InChI is InChI=1S/C26H34N2O3/c1-5-31-25(30)21-15-27-14-20(24(29)28-16(2)17-9-7-6-8-10-17)23(21)19-12-11-18-13-22(19)26(18,3)4/h6-10,14-16,18-19,22-23,27H,5,11-13H2,1-4H3,(H,28,29)/t16-,18-,19-,22-,23+/m0/s1. The first-order chi connectivity index (χ1) is 14.8. The second-order valence-electron chi connectivity index (χ2n) is 9.77. The van der Waals surface area contributed by atoms with E-state index in [0.717, 1.165) is 24.3 Å². The van der Waals surface area contributed by atoms with Gasteiger partial charge in [0.1, 0.15) is 0 Å². The van der Waals surface area contributed by atoms with Crippen molar-refractivity contribution in [3.05, 3.63) is 59.4 Å². The van der Waals surface area contributed by atoms with Crippen LogP contribution < -0.4 is 10.6 Å². The van der Waals surface area contributed by atoms with Crippen LogP contribution in [-0.2, 0) is 14.3 Å². The summed E-state index contributed by atoms with van der Waals surface area (Å²) in [6.07, 6.45) is 6.89. The predicted octanol–water partition coefficient (Wildman–Crippen LogP) is 4.49. The van der Waals surface area contributed by atoms with E-state index in [-0.39, 0.29) is 35.2 Å². The first-order valence-electron chi connectivity index (χ1n) is 11.5. The fourth-order valence-electron chi connectivity index (χ4n) is 6.01. The highest BCUT2D eigenvalue weighted by atomic mass is 16.5. The summed E-state index contributed by atoms with van der Waals surface area (Å²) in [6.45, 7) is 8.80. The molecule has 5 atom stereocenters. The summed E-state index contributed by atoms with van der Waals surface area (Å²) in [5.41, 5.74) is 2.53. The summed E-state index contributed by atoms with van der Waals surface area (Å²) in [5, 5.41) is 6.20. The van der Waals surface area contributed by atoms with E-state index >= 15 is 0 Å². The molecular weight excluding hydrogens is 388 g/mol. The van der Waals surface area contributed by atoms with Crippen LogP contribution in [0.2, 0.25) is 0 Å². The van der Waals surface area contributed by atoms with Gasteiger partial charge in [-0.25, -0.2) is 4.79 Å². The molecule has 0 spiro atoms. The summed E-state index contributed by atoms with van der Waals surface area (Å²) in [5.74, 6) is 0.840. The minimum absolute atomic E-state index is 0.122. The number of esters is 1. The summed E-state index contributed by atoms with van der Waals surface area (Å²) in [7, 11) is 0. The van der Waals surface area contributed by atoms with Crippen LogP contribution in [0.25, 0.3) is 0 Å². The van der Waals surface area contributed by atoms with E-state index in [1.54, 1.807) is 12.4 Å². The van der Waals surface area contributed by atoms with Gasteiger partial charge in [-0.15, -0.1) is 0 Å². The van der Waals surface area contributed by atoms with Crippen molar-refractivity contribution in [3.63, 3.8) is 0 Å². The second kappa shape index (κ2) is 8.52. The molecular formula is C26H34N2O3. The van der Waals surface area contributed by atoms with Gasteiger partial charge in [0.2, 0.25) is 5.91 Å². The van der Waals surface area contributed by atoms with E-state index in [1.807, 2.05) is 44.2 Å². The summed E-state index contributed by atoms with van der Waals surface area (Å²) in [6, 6.07) is 9.82.